The first-order valence-corrected chi connectivity index (χ1v) is 12.0. The van der Waals surface area contributed by atoms with Gasteiger partial charge in [-0.15, -0.1) is 0 Å². The summed E-state index contributed by atoms with van der Waals surface area (Å²) in [7, 11) is 0. The number of Topliss-reactive ketones (excluding diaryl/α,β-unsaturated/α-hetero) is 1. The third kappa shape index (κ3) is 3.61. The molecule has 5 rings (SSSR count). The number of carbonyl (C=O) groups excluding carboxylic acids is 2. The second-order valence-electron chi connectivity index (χ2n) is 10.9. The van der Waals surface area contributed by atoms with Gasteiger partial charge in [-0.25, -0.2) is 0 Å². The van der Waals surface area contributed by atoms with Gasteiger partial charge in [0.15, 0.2) is 5.78 Å². The fourth-order valence-corrected chi connectivity index (χ4v) is 7.76. The summed E-state index contributed by atoms with van der Waals surface area (Å²) >= 11 is 0. The lowest BCUT2D eigenvalue weighted by Gasteiger charge is -2.58. The summed E-state index contributed by atoms with van der Waals surface area (Å²) in [5.41, 5.74) is 3.27. The van der Waals surface area contributed by atoms with E-state index in [-0.39, 0.29) is 10.8 Å². The van der Waals surface area contributed by atoms with Crippen molar-refractivity contribution in [3.8, 4) is 0 Å². The van der Waals surface area contributed by atoms with E-state index in [0.717, 1.165) is 43.4 Å². The quantitative estimate of drug-likeness (QED) is 0.519. The molecule has 3 fully saturated rings. The monoisotopic (exact) mass is 406 g/mol. The number of fused-ring (bicyclic) bond motifs is 5. The Hall–Kier alpha value is -1.70. The summed E-state index contributed by atoms with van der Waals surface area (Å²) < 4.78 is 0. The highest BCUT2D eigenvalue weighted by Crippen LogP contribution is 2.66. The Morgan fingerprint density at radius 2 is 1.67 bits per heavy atom. The predicted octanol–water partition coefficient (Wildman–Crippen LogP) is 6.72. The normalized spacial score (nSPS) is 39.6. The molecule has 0 N–H and O–H groups in total. The van der Waals surface area contributed by atoms with Crippen LogP contribution >= 0.6 is 0 Å². The zero-order chi connectivity index (χ0) is 21.5. The van der Waals surface area contributed by atoms with E-state index in [1.54, 1.807) is 6.92 Å². The third-order valence-corrected chi connectivity index (χ3v) is 9.39. The summed E-state index contributed by atoms with van der Waals surface area (Å²) in [6, 6.07) is 10.3. The van der Waals surface area contributed by atoms with Crippen molar-refractivity contribution in [2.45, 2.75) is 79.1 Å². The summed E-state index contributed by atoms with van der Waals surface area (Å²) in [6.45, 7) is 8.73. The van der Waals surface area contributed by atoms with Crippen molar-refractivity contribution >= 4 is 11.6 Å². The summed E-state index contributed by atoms with van der Waals surface area (Å²) in [5, 5.41) is 0. The lowest BCUT2D eigenvalue weighted by molar-refractivity contribution is -0.128. The van der Waals surface area contributed by atoms with Gasteiger partial charge in [-0.05, 0) is 93.5 Å². The molecular weight excluding hydrogens is 368 g/mol. The number of hydrogen-bond donors (Lipinski definition) is 0. The molecule has 0 spiro atoms. The molecule has 3 unspecified atom stereocenters. The van der Waals surface area contributed by atoms with Crippen LogP contribution in [0.3, 0.4) is 0 Å². The lowest BCUT2D eigenvalue weighted by atomic mass is 9.47. The van der Waals surface area contributed by atoms with Gasteiger partial charge in [0.2, 0.25) is 0 Å². The topological polar surface area (TPSA) is 34.1 Å². The summed E-state index contributed by atoms with van der Waals surface area (Å²) in [5.74, 6) is 3.29. The highest BCUT2D eigenvalue weighted by atomic mass is 16.1. The van der Waals surface area contributed by atoms with E-state index < -0.39 is 0 Å². The van der Waals surface area contributed by atoms with E-state index in [4.69, 9.17) is 0 Å². The van der Waals surface area contributed by atoms with Crippen molar-refractivity contribution in [3.05, 3.63) is 47.5 Å². The van der Waals surface area contributed by atoms with Crippen molar-refractivity contribution in [2.75, 3.05) is 0 Å². The molecule has 30 heavy (non-hydrogen) atoms. The molecule has 0 radical (unpaired) electrons. The minimum Gasteiger partial charge on any atom is -0.300 e. The predicted molar refractivity (Wildman–Crippen MR) is 122 cm³/mol. The van der Waals surface area contributed by atoms with Gasteiger partial charge in [-0.1, -0.05) is 55.3 Å². The Labute approximate surface area is 182 Å². The van der Waals surface area contributed by atoms with E-state index in [2.05, 4.69) is 32.9 Å². The standard InChI is InChI=1S/C21H30O2.C7H8/c1-13(22)17-6-7-18-16-5-4-14-12-15(23)8-10-20(14,2)19(16)9-11-21(17,18)3;1-7-5-3-2-4-6-7/h12,16-19H,4-11H2,1-3H3;2-6H,1H3/t16?,17-,18?,19?,20+,21-;/m1./s1. The maximum absolute atomic E-state index is 12.1. The number of hydrogen-bond acceptors (Lipinski definition) is 2. The van der Waals surface area contributed by atoms with Gasteiger partial charge in [0, 0.05) is 12.3 Å². The van der Waals surface area contributed by atoms with Gasteiger partial charge < -0.3 is 0 Å². The van der Waals surface area contributed by atoms with Crippen LogP contribution in [0.25, 0.3) is 0 Å². The van der Waals surface area contributed by atoms with Crippen molar-refractivity contribution in [1.29, 1.82) is 0 Å². The van der Waals surface area contributed by atoms with Gasteiger partial charge in [0.1, 0.15) is 5.78 Å². The van der Waals surface area contributed by atoms with Crippen LogP contribution in [0.2, 0.25) is 0 Å². The molecule has 162 valence electrons. The Kier molecular flexibility index (Phi) is 5.81. The van der Waals surface area contributed by atoms with Crippen LogP contribution in [0.5, 0.6) is 0 Å². The summed E-state index contributed by atoms with van der Waals surface area (Å²) in [4.78, 5) is 24.0. The first kappa shape index (κ1) is 21.5. The zero-order valence-electron chi connectivity index (χ0n) is 19.2. The number of allylic oxidation sites excluding steroid dienone is 1. The molecule has 0 heterocycles. The van der Waals surface area contributed by atoms with E-state index in [1.165, 1.54) is 36.8 Å². The minimum atomic E-state index is 0.245. The number of carbonyl (C=O) groups is 2. The van der Waals surface area contributed by atoms with Gasteiger partial charge in [0.25, 0.3) is 0 Å². The molecule has 0 amide bonds. The van der Waals surface area contributed by atoms with Crippen LogP contribution in [-0.2, 0) is 9.59 Å². The molecule has 3 saturated carbocycles. The van der Waals surface area contributed by atoms with Crippen molar-refractivity contribution in [2.24, 2.45) is 34.5 Å². The van der Waals surface area contributed by atoms with E-state index >= 15 is 0 Å². The molecule has 4 aliphatic carbocycles. The van der Waals surface area contributed by atoms with Gasteiger partial charge in [-0.2, -0.15) is 0 Å². The molecule has 0 aliphatic heterocycles. The fourth-order valence-electron chi connectivity index (χ4n) is 7.76. The molecule has 6 atom stereocenters. The first-order chi connectivity index (χ1) is 14.3. The van der Waals surface area contributed by atoms with Crippen LogP contribution in [0.1, 0.15) is 77.7 Å². The SMILES string of the molecule is CC(=O)[C@H]1CCC2C3CCC4=CC(=O)CC[C@]4(C)C3CC[C@@]21C.Cc1ccccc1. The Balaban J connectivity index is 0.000000265. The highest BCUT2D eigenvalue weighted by Gasteiger charge is 2.59. The second kappa shape index (κ2) is 8.09. The molecule has 2 nitrogen and oxygen atoms in total. The molecule has 0 saturated heterocycles. The Bertz CT molecular complexity index is 837. The molecule has 4 aliphatic rings. The van der Waals surface area contributed by atoms with Crippen molar-refractivity contribution in [1.82, 2.24) is 0 Å². The Morgan fingerprint density at radius 1 is 0.933 bits per heavy atom. The average Bonchev–Trinajstić information content (AvgIpc) is 3.07. The van der Waals surface area contributed by atoms with Crippen molar-refractivity contribution in [3.63, 3.8) is 0 Å². The maximum Gasteiger partial charge on any atom is 0.155 e. The Morgan fingerprint density at radius 3 is 2.30 bits per heavy atom. The fraction of sp³-hybridized carbons (Fsp3) is 0.643. The zero-order valence-corrected chi connectivity index (χ0v) is 19.2. The second-order valence-corrected chi connectivity index (χ2v) is 10.9. The lowest BCUT2D eigenvalue weighted by Crippen LogP contribution is -2.51. The molecule has 1 aromatic carbocycles. The molecular formula is C28H38O2. The summed E-state index contributed by atoms with van der Waals surface area (Å²) in [6.07, 6.45) is 10.9. The van der Waals surface area contributed by atoms with Gasteiger partial charge in [-0.3, -0.25) is 9.59 Å². The average molecular weight is 407 g/mol. The van der Waals surface area contributed by atoms with Crippen LogP contribution in [0.4, 0.5) is 0 Å². The van der Waals surface area contributed by atoms with E-state index in [0.29, 0.717) is 17.5 Å². The van der Waals surface area contributed by atoms with Gasteiger partial charge in [0.05, 0.1) is 0 Å². The highest BCUT2D eigenvalue weighted by molar-refractivity contribution is 5.91. The third-order valence-electron chi connectivity index (χ3n) is 9.39. The molecule has 0 aromatic heterocycles. The molecule has 1 aromatic rings. The van der Waals surface area contributed by atoms with Crippen LogP contribution in [0, 0.1) is 41.4 Å². The van der Waals surface area contributed by atoms with Crippen molar-refractivity contribution < 1.29 is 9.59 Å². The van der Waals surface area contributed by atoms with Crippen LogP contribution in [-0.4, -0.2) is 11.6 Å². The number of rotatable bonds is 1. The minimum absolute atomic E-state index is 0.245. The van der Waals surface area contributed by atoms with Gasteiger partial charge >= 0.3 is 0 Å². The first-order valence-electron chi connectivity index (χ1n) is 12.0. The largest absolute Gasteiger partial charge is 0.300 e. The molecule has 0 bridgehead atoms. The number of ketones is 2. The van der Waals surface area contributed by atoms with Crippen LogP contribution in [0.15, 0.2) is 42.0 Å². The van der Waals surface area contributed by atoms with E-state index in [1.807, 2.05) is 24.3 Å². The number of benzene rings is 1. The number of aryl methyl sites for hydroxylation is 1. The smallest absolute Gasteiger partial charge is 0.155 e. The van der Waals surface area contributed by atoms with E-state index in [9.17, 15) is 9.59 Å². The maximum atomic E-state index is 12.1. The van der Waals surface area contributed by atoms with Crippen LogP contribution < -0.4 is 0 Å². The molecule has 2 heteroatoms.